The average molecular weight is 514 g/mol. The molecular formula is C34H43NO3. The van der Waals surface area contributed by atoms with Gasteiger partial charge in [-0.3, -0.25) is 4.98 Å². The van der Waals surface area contributed by atoms with Crippen LogP contribution >= 0.6 is 0 Å². The lowest BCUT2D eigenvalue weighted by atomic mass is 9.52. The first kappa shape index (κ1) is 26.9. The predicted molar refractivity (Wildman–Crippen MR) is 152 cm³/mol. The van der Waals surface area contributed by atoms with Crippen LogP contribution in [0.5, 0.6) is 5.75 Å². The minimum absolute atomic E-state index is 0.0262. The molecule has 2 aliphatic carbocycles. The Balaban J connectivity index is 1.37. The van der Waals surface area contributed by atoms with Crippen molar-refractivity contribution in [2.75, 3.05) is 13.2 Å². The molecule has 0 amide bonds. The van der Waals surface area contributed by atoms with Gasteiger partial charge in [-0.1, -0.05) is 69.2 Å². The van der Waals surface area contributed by atoms with Gasteiger partial charge in [0.25, 0.3) is 0 Å². The molecule has 4 heteroatoms. The van der Waals surface area contributed by atoms with Crippen molar-refractivity contribution in [1.82, 2.24) is 4.98 Å². The highest BCUT2D eigenvalue weighted by molar-refractivity contribution is 5.45. The van der Waals surface area contributed by atoms with Crippen LogP contribution in [0.25, 0.3) is 0 Å². The van der Waals surface area contributed by atoms with E-state index in [1.54, 1.807) is 6.20 Å². The zero-order chi connectivity index (χ0) is 26.4. The zero-order valence-corrected chi connectivity index (χ0v) is 23.1. The third-order valence-corrected chi connectivity index (χ3v) is 9.19. The van der Waals surface area contributed by atoms with Crippen LogP contribution in [0, 0.1) is 11.8 Å². The lowest BCUT2D eigenvalue weighted by Gasteiger charge is -2.53. The van der Waals surface area contributed by atoms with Crippen molar-refractivity contribution in [2.24, 2.45) is 11.8 Å². The highest BCUT2D eigenvalue weighted by Gasteiger charge is 2.51. The van der Waals surface area contributed by atoms with Crippen molar-refractivity contribution < 1.29 is 14.6 Å². The molecule has 3 aromatic rings. The number of hydrogen-bond donors (Lipinski definition) is 1. The molecule has 0 radical (unpaired) electrons. The van der Waals surface area contributed by atoms with E-state index in [1.807, 2.05) is 18.3 Å². The van der Waals surface area contributed by atoms with Crippen LogP contribution in [0.1, 0.15) is 74.6 Å². The third kappa shape index (κ3) is 5.97. The lowest BCUT2D eigenvalue weighted by Crippen LogP contribution is -2.53. The number of aromatic nitrogens is 1. The molecule has 1 N–H and O–H groups in total. The van der Waals surface area contributed by atoms with Gasteiger partial charge >= 0.3 is 0 Å². The van der Waals surface area contributed by atoms with Crippen molar-refractivity contribution >= 4 is 0 Å². The maximum Gasteiger partial charge on any atom is 0.120 e. The number of hydrogen-bond acceptors (Lipinski definition) is 4. The molecule has 1 heterocycles. The van der Waals surface area contributed by atoms with Gasteiger partial charge in [-0.15, -0.1) is 0 Å². The maximum absolute atomic E-state index is 11.7. The summed E-state index contributed by atoms with van der Waals surface area (Å²) in [6.07, 6.45) is 11.6. The molecule has 0 bridgehead atoms. The van der Waals surface area contributed by atoms with Gasteiger partial charge in [0.2, 0.25) is 0 Å². The number of aliphatic hydroxyl groups is 1. The molecule has 38 heavy (non-hydrogen) atoms. The zero-order valence-electron chi connectivity index (χ0n) is 23.1. The van der Waals surface area contributed by atoms with E-state index < -0.39 is 5.60 Å². The largest absolute Gasteiger partial charge is 0.489 e. The monoisotopic (exact) mass is 513 g/mol. The highest BCUT2D eigenvalue weighted by atomic mass is 16.5. The number of benzene rings is 2. The van der Waals surface area contributed by atoms with Crippen LogP contribution in [-0.2, 0) is 29.6 Å². The molecule has 0 saturated heterocycles. The first-order valence-electron chi connectivity index (χ1n) is 14.5. The van der Waals surface area contributed by atoms with Crippen LogP contribution in [0.3, 0.4) is 0 Å². The van der Waals surface area contributed by atoms with Crippen LogP contribution in [-0.4, -0.2) is 28.9 Å². The Kier molecular flexibility index (Phi) is 8.50. The molecule has 5 rings (SSSR count). The van der Waals surface area contributed by atoms with E-state index in [0.29, 0.717) is 25.0 Å². The van der Waals surface area contributed by atoms with Gasteiger partial charge in [-0.05, 0) is 85.3 Å². The smallest absolute Gasteiger partial charge is 0.120 e. The van der Waals surface area contributed by atoms with Crippen molar-refractivity contribution in [3.8, 4) is 5.75 Å². The Labute approximate surface area is 228 Å². The first-order valence-corrected chi connectivity index (χ1v) is 14.5. The van der Waals surface area contributed by atoms with Crippen molar-refractivity contribution in [3.05, 3.63) is 95.3 Å². The van der Waals surface area contributed by atoms with Gasteiger partial charge in [0.15, 0.2) is 0 Å². The molecule has 0 spiro atoms. The Morgan fingerprint density at radius 3 is 2.58 bits per heavy atom. The number of aryl methyl sites for hydroxylation is 1. The molecule has 0 unspecified atom stereocenters. The number of fused-ring (bicyclic) bond motifs is 3. The van der Waals surface area contributed by atoms with Crippen LogP contribution in [0.2, 0.25) is 0 Å². The van der Waals surface area contributed by atoms with Crippen LogP contribution in [0.15, 0.2) is 73.1 Å². The molecule has 202 valence electrons. The Hall–Kier alpha value is -2.69. The average Bonchev–Trinajstić information content (AvgIpc) is 2.96. The summed E-state index contributed by atoms with van der Waals surface area (Å²) in [7, 11) is 0. The maximum atomic E-state index is 11.7. The van der Waals surface area contributed by atoms with Gasteiger partial charge in [0.05, 0.1) is 12.2 Å². The number of nitrogens with zero attached hydrogens (tertiary/aromatic N) is 1. The minimum atomic E-state index is -0.735. The van der Waals surface area contributed by atoms with E-state index in [4.69, 9.17) is 9.47 Å². The number of rotatable bonds is 11. The Morgan fingerprint density at radius 2 is 1.82 bits per heavy atom. The van der Waals surface area contributed by atoms with E-state index in [1.165, 1.54) is 16.7 Å². The highest BCUT2D eigenvalue weighted by Crippen LogP contribution is 2.54. The van der Waals surface area contributed by atoms with Crippen LogP contribution in [0.4, 0.5) is 0 Å². The van der Waals surface area contributed by atoms with Gasteiger partial charge < -0.3 is 14.6 Å². The Morgan fingerprint density at radius 1 is 1.00 bits per heavy atom. The lowest BCUT2D eigenvalue weighted by molar-refractivity contribution is -0.105. The fraction of sp³-hybridized carbons (Fsp3) is 0.500. The summed E-state index contributed by atoms with van der Waals surface area (Å²) in [6.45, 7) is 6.17. The van der Waals surface area contributed by atoms with E-state index >= 15 is 0 Å². The second-order valence-corrected chi connectivity index (χ2v) is 11.6. The summed E-state index contributed by atoms with van der Waals surface area (Å²) < 4.78 is 12.3. The van der Waals surface area contributed by atoms with E-state index in [0.717, 1.165) is 69.3 Å². The van der Waals surface area contributed by atoms with Crippen molar-refractivity contribution in [2.45, 2.75) is 82.8 Å². The fourth-order valence-corrected chi connectivity index (χ4v) is 6.84. The first-order chi connectivity index (χ1) is 18.5. The second-order valence-electron chi connectivity index (χ2n) is 11.6. The van der Waals surface area contributed by atoms with Gasteiger partial charge in [0.1, 0.15) is 12.4 Å². The summed E-state index contributed by atoms with van der Waals surface area (Å²) in [5, 5.41) is 11.7. The van der Waals surface area contributed by atoms with E-state index in [-0.39, 0.29) is 5.41 Å². The fourth-order valence-electron chi connectivity index (χ4n) is 6.84. The van der Waals surface area contributed by atoms with Gasteiger partial charge in [-0.2, -0.15) is 0 Å². The predicted octanol–water partition coefficient (Wildman–Crippen LogP) is 7.07. The molecule has 2 aromatic carbocycles. The normalized spacial score (nSPS) is 24.6. The van der Waals surface area contributed by atoms with Gasteiger partial charge in [-0.25, -0.2) is 0 Å². The molecule has 0 aliphatic heterocycles. The summed E-state index contributed by atoms with van der Waals surface area (Å²) in [5.74, 6) is 1.92. The van der Waals surface area contributed by atoms with Crippen LogP contribution < -0.4 is 4.74 Å². The van der Waals surface area contributed by atoms with E-state index in [9.17, 15) is 5.11 Å². The van der Waals surface area contributed by atoms with Gasteiger partial charge in [0, 0.05) is 30.0 Å². The SMILES string of the molecule is CCC(CC)COC[C@@]1(O)CC[C@@]2(Cc3ccccc3)c3ccc(OCc4cccnc4)cc3CC[C@@H]2C1. The minimum Gasteiger partial charge on any atom is -0.489 e. The number of pyridine rings is 1. The molecule has 1 fully saturated rings. The quantitative estimate of drug-likeness (QED) is 0.298. The van der Waals surface area contributed by atoms with Crippen molar-refractivity contribution in [3.63, 3.8) is 0 Å². The summed E-state index contributed by atoms with van der Waals surface area (Å²) >= 11 is 0. The summed E-state index contributed by atoms with van der Waals surface area (Å²) in [4.78, 5) is 4.20. The Bertz CT molecular complexity index is 1160. The second kappa shape index (κ2) is 12.0. The summed E-state index contributed by atoms with van der Waals surface area (Å²) in [5.41, 5.74) is 4.59. The number of ether oxygens (including phenoxy) is 2. The van der Waals surface area contributed by atoms with Crippen molar-refractivity contribution in [1.29, 1.82) is 0 Å². The van der Waals surface area contributed by atoms with E-state index in [2.05, 4.69) is 67.4 Å². The third-order valence-electron chi connectivity index (χ3n) is 9.19. The topological polar surface area (TPSA) is 51.6 Å². The molecule has 4 nitrogen and oxygen atoms in total. The molecule has 1 saturated carbocycles. The molecule has 1 aromatic heterocycles. The molecule has 3 atom stereocenters. The standard InChI is InChI=1S/C34H43NO3/c1-3-26(4-2)23-37-25-33(36)16-17-34(20-27-9-6-5-7-10-27)30(21-33)13-12-29-19-31(14-15-32(29)34)38-24-28-11-8-18-35-22-28/h5-11,14-15,18-19,22,26,30,36H,3-4,12-13,16-17,20-21,23-25H2,1-2H3/t30-,33-,34+/m1/s1. The molecular weight excluding hydrogens is 470 g/mol. The summed E-state index contributed by atoms with van der Waals surface area (Å²) in [6, 6.07) is 21.6. The molecule has 2 aliphatic rings.